The second-order valence-electron chi connectivity index (χ2n) is 8.39. The molecule has 0 spiro atoms. The maximum atomic E-state index is 11.7. The van der Waals surface area contributed by atoms with Gasteiger partial charge in [0.1, 0.15) is 25.1 Å². The number of esters is 1. The monoisotopic (exact) mass is 545 g/mol. The summed E-state index contributed by atoms with van der Waals surface area (Å²) in [6, 6.07) is 11.4. The molecular weight excluding hydrogens is 521 g/mol. The third-order valence-corrected chi connectivity index (χ3v) is 7.25. The van der Waals surface area contributed by atoms with Crippen molar-refractivity contribution in [2.45, 2.75) is 32.3 Å². The molecule has 0 amide bonds. The smallest absolute Gasteiger partial charge is 0.303 e. The number of hydrogen-bond acceptors (Lipinski definition) is 7. The minimum absolute atomic E-state index is 0.0356. The summed E-state index contributed by atoms with van der Waals surface area (Å²) in [7, 11) is 0. The number of carbonyl (C=O) groups excluding carboxylic acids is 2. The van der Waals surface area contributed by atoms with Gasteiger partial charge in [-0.25, -0.2) is 0 Å². The van der Waals surface area contributed by atoms with E-state index in [9.17, 15) is 9.59 Å². The molecule has 2 aromatic rings. The zero-order valence-electron chi connectivity index (χ0n) is 19.0. The Morgan fingerprint density at radius 1 is 1.15 bits per heavy atom. The van der Waals surface area contributed by atoms with Crippen LogP contribution in [0.4, 0.5) is 0 Å². The second-order valence-corrected chi connectivity index (χ2v) is 10.4. The first-order valence-electron chi connectivity index (χ1n) is 10.6. The highest BCUT2D eigenvalue weighted by Crippen LogP contribution is 2.40. The van der Waals surface area contributed by atoms with Gasteiger partial charge >= 0.3 is 5.97 Å². The lowest BCUT2D eigenvalue weighted by molar-refractivity contribution is -0.146. The third kappa shape index (κ3) is 6.73. The quantitative estimate of drug-likeness (QED) is 0.235. The molecule has 10 heteroatoms. The molecule has 1 N–H and O–H groups in total. The van der Waals surface area contributed by atoms with Crippen molar-refractivity contribution in [1.29, 1.82) is 0 Å². The van der Waals surface area contributed by atoms with Crippen molar-refractivity contribution >= 4 is 57.8 Å². The maximum absolute atomic E-state index is 11.7. The van der Waals surface area contributed by atoms with Crippen molar-refractivity contribution in [3.05, 3.63) is 57.6 Å². The molecule has 2 aromatic carbocycles. The topological polar surface area (TPSA) is 73.9 Å². The number of hydrogen-bond donors (Lipinski definition) is 1. The number of alkyl halides is 1. The fraction of sp³-hybridized carbons (Fsp3) is 0.417. The van der Waals surface area contributed by atoms with E-state index < -0.39 is 17.5 Å². The Labute approximate surface area is 218 Å². The molecule has 6 nitrogen and oxygen atoms in total. The summed E-state index contributed by atoms with van der Waals surface area (Å²) >= 11 is 20.0. The van der Waals surface area contributed by atoms with E-state index in [1.165, 1.54) is 6.92 Å². The molecular formula is C24H26Cl3NO5S. The normalized spacial score (nSPS) is 16.9. The molecule has 0 bridgehead atoms. The summed E-state index contributed by atoms with van der Waals surface area (Å²) in [6.07, 6.45) is -0.607. The molecule has 3 rings (SSSR count). The van der Waals surface area contributed by atoms with Gasteiger partial charge in [-0.2, -0.15) is 0 Å². The first kappa shape index (κ1) is 27.0. The van der Waals surface area contributed by atoms with Crippen LogP contribution >= 0.6 is 46.8 Å². The molecule has 0 saturated carbocycles. The Hall–Kier alpha value is -1.64. The predicted molar refractivity (Wildman–Crippen MR) is 136 cm³/mol. The Morgan fingerprint density at radius 2 is 1.79 bits per heavy atom. The standard InChI is InChI=1S/C24H26Cl3NO5S/c1-14(29)33-19(10-25)13-32-22-20(26)8-17(9-21(22)27)24(2,3)16-4-6-18(7-5-16)31-12-15-11-28-34-23(15)30/h4-9,15,19,28H,10-13H2,1-3H3. The van der Waals surface area contributed by atoms with Gasteiger partial charge in [0.05, 0.1) is 21.8 Å². The molecule has 1 aliphatic heterocycles. The summed E-state index contributed by atoms with van der Waals surface area (Å²) in [6.45, 7) is 6.43. The fourth-order valence-electron chi connectivity index (χ4n) is 3.42. The van der Waals surface area contributed by atoms with Crippen LogP contribution in [0.3, 0.4) is 0 Å². The summed E-state index contributed by atoms with van der Waals surface area (Å²) in [5, 5.41) is 0.794. The van der Waals surface area contributed by atoms with Crippen LogP contribution in [0.5, 0.6) is 11.5 Å². The first-order valence-corrected chi connectivity index (χ1v) is 12.7. The minimum Gasteiger partial charge on any atom is -0.493 e. The van der Waals surface area contributed by atoms with E-state index in [4.69, 9.17) is 49.0 Å². The van der Waals surface area contributed by atoms with Gasteiger partial charge in [-0.3, -0.25) is 14.3 Å². The first-order chi connectivity index (χ1) is 16.1. The van der Waals surface area contributed by atoms with Crippen LogP contribution in [0.15, 0.2) is 36.4 Å². The number of nitrogens with one attached hydrogen (secondary N) is 1. The van der Waals surface area contributed by atoms with E-state index in [0.29, 0.717) is 34.7 Å². The minimum atomic E-state index is -0.607. The Kier molecular flexibility index (Phi) is 9.41. The molecule has 1 aliphatic rings. The molecule has 0 aromatic heterocycles. The lowest BCUT2D eigenvalue weighted by Gasteiger charge is -2.27. The van der Waals surface area contributed by atoms with Crippen LogP contribution in [-0.4, -0.2) is 42.8 Å². The van der Waals surface area contributed by atoms with E-state index in [2.05, 4.69) is 18.6 Å². The maximum Gasteiger partial charge on any atom is 0.303 e. The van der Waals surface area contributed by atoms with Crippen LogP contribution in [0, 0.1) is 5.92 Å². The van der Waals surface area contributed by atoms with Crippen molar-refractivity contribution in [2.24, 2.45) is 5.92 Å². The zero-order chi connectivity index (χ0) is 24.9. The van der Waals surface area contributed by atoms with Crippen LogP contribution in [-0.2, 0) is 19.7 Å². The van der Waals surface area contributed by atoms with Crippen molar-refractivity contribution in [2.75, 3.05) is 25.6 Å². The lowest BCUT2D eigenvalue weighted by Crippen LogP contribution is -2.26. The van der Waals surface area contributed by atoms with Gasteiger partial charge in [-0.1, -0.05) is 49.2 Å². The highest BCUT2D eigenvalue weighted by Gasteiger charge is 2.27. The van der Waals surface area contributed by atoms with Crippen LogP contribution in [0.25, 0.3) is 0 Å². The number of carbonyl (C=O) groups is 2. The number of halogens is 3. The summed E-state index contributed by atoms with van der Waals surface area (Å²) < 4.78 is 19.6. The van der Waals surface area contributed by atoms with Gasteiger partial charge in [0, 0.05) is 18.9 Å². The number of rotatable bonds is 10. The van der Waals surface area contributed by atoms with E-state index in [1.807, 2.05) is 36.4 Å². The lowest BCUT2D eigenvalue weighted by atomic mass is 9.78. The highest BCUT2D eigenvalue weighted by molar-refractivity contribution is 8.12. The molecule has 1 saturated heterocycles. The van der Waals surface area contributed by atoms with E-state index in [1.54, 1.807) is 0 Å². The molecule has 2 unspecified atom stereocenters. The van der Waals surface area contributed by atoms with Crippen LogP contribution in [0.1, 0.15) is 31.9 Å². The average Bonchev–Trinajstić information content (AvgIpc) is 3.20. The Balaban J connectivity index is 1.70. The van der Waals surface area contributed by atoms with Crippen molar-refractivity contribution in [1.82, 2.24) is 4.72 Å². The zero-order valence-corrected chi connectivity index (χ0v) is 22.1. The number of ether oxygens (including phenoxy) is 3. The van der Waals surface area contributed by atoms with Crippen molar-refractivity contribution in [3.63, 3.8) is 0 Å². The van der Waals surface area contributed by atoms with Gasteiger partial charge in [0.2, 0.25) is 5.12 Å². The Bertz CT molecular complexity index is 1010. The molecule has 2 atom stereocenters. The van der Waals surface area contributed by atoms with E-state index in [-0.39, 0.29) is 23.5 Å². The SMILES string of the molecule is CC(=O)OC(CCl)COc1c(Cl)cc(C(C)(C)c2ccc(OCC3CNSC3=O)cc2)cc1Cl. The van der Waals surface area contributed by atoms with Gasteiger partial charge in [0.25, 0.3) is 0 Å². The van der Waals surface area contributed by atoms with E-state index >= 15 is 0 Å². The molecule has 0 aliphatic carbocycles. The van der Waals surface area contributed by atoms with Gasteiger partial charge in [0.15, 0.2) is 5.75 Å². The molecule has 34 heavy (non-hydrogen) atoms. The third-order valence-electron chi connectivity index (χ3n) is 5.50. The molecule has 0 radical (unpaired) electrons. The highest BCUT2D eigenvalue weighted by atomic mass is 35.5. The van der Waals surface area contributed by atoms with Gasteiger partial charge in [-0.15, -0.1) is 11.6 Å². The predicted octanol–water partition coefficient (Wildman–Crippen LogP) is 5.64. The Morgan fingerprint density at radius 3 is 2.32 bits per heavy atom. The molecule has 1 heterocycles. The van der Waals surface area contributed by atoms with Gasteiger partial charge < -0.3 is 14.2 Å². The second kappa shape index (κ2) is 11.9. The average molecular weight is 547 g/mol. The fourth-order valence-corrected chi connectivity index (χ4v) is 4.91. The van der Waals surface area contributed by atoms with Crippen molar-refractivity contribution < 1.29 is 23.8 Å². The van der Waals surface area contributed by atoms with Gasteiger partial charge in [-0.05, 0) is 47.3 Å². The van der Waals surface area contributed by atoms with E-state index in [0.717, 1.165) is 23.1 Å². The van der Waals surface area contributed by atoms with Crippen LogP contribution in [0.2, 0.25) is 10.0 Å². The molecule has 184 valence electrons. The largest absolute Gasteiger partial charge is 0.493 e. The summed E-state index contributed by atoms with van der Waals surface area (Å²) in [5.74, 6) is 0.517. The van der Waals surface area contributed by atoms with Crippen LogP contribution < -0.4 is 14.2 Å². The van der Waals surface area contributed by atoms with Crippen molar-refractivity contribution in [3.8, 4) is 11.5 Å². The summed E-state index contributed by atoms with van der Waals surface area (Å²) in [5.41, 5.74) is 1.52. The number of benzene rings is 2. The molecule has 1 fully saturated rings. The summed E-state index contributed by atoms with van der Waals surface area (Å²) in [4.78, 5) is 22.9.